The van der Waals surface area contributed by atoms with Crippen LogP contribution < -0.4 is 10.6 Å². The first-order chi connectivity index (χ1) is 19.6. The first-order valence-corrected chi connectivity index (χ1v) is 14.8. The van der Waals surface area contributed by atoms with Crippen molar-refractivity contribution in [2.75, 3.05) is 10.6 Å². The van der Waals surface area contributed by atoms with E-state index in [0.29, 0.717) is 10.6 Å². The summed E-state index contributed by atoms with van der Waals surface area (Å²) in [5.74, 6) is -0.221. The standard InChI is InChI=1S/C33H27N3O2S2/c1-2-36-28-12-7-6-11-26(28)27-21-24(16-19-29(27)36)35-33(38)31(22-9-4-3-5-10-22)40-25-17-14-23(15-18-25)34-32(37)30-13-8-20-39-30/h3-21,31H,2H2,1H3,(H,34,37)(H,35,38). The average Bonchev–Trinajstić information content (AvgIpc) is 3.64. The van der Waals surface area contributed by atoms with Crippen molar-refractivity contribution < 1.29 is 9.59 Å². The van der Waals surface area contributed by atoms with Gasteiger partial charge in [0.05, 0.1) is 4.88 Å². The van der Waals surface area contributed by atoms with Gasteiger partial charge >= 0.3 is 0 Å². The Morgan fingerprint density at radius 1 is 0.775 bits per heavy atom. The molecule has 0 spiro atoms. The fourth-order valence-electron chi connectivity index (χ4n) is 4.93. The second kappa shape index (κ2) is 11.4. The fraction of sp³-hybridized carbons (Fsp3) is 0.0909. The van der Waals surface area contributed by atoms with Crippen molar-refractivity contribution in [3.8, 4) is 0 Å². The molecule has 0 aliphatic carbocycles. The van der Waals surface area contributed by atoms with Crippen LogP contribution in [0.4, 0.5) is 11.4 Å². The van der Waals surface area contributed by atoms with Gasteiger partial charge in [0.25, 0.3) is 5.91 Å². The number of benzene rings is 4. The molecule has 6 aromatic rings. The minimum atomic E-state index is -0.458. The van der Waals surface area contributed by atoms with Gasteiger partial charge in [0, 0.05) is 44.6 Å². The molecule has 0 saturated heterocycles. The topological polar surface area (TPSA) is 63.1 Å². The molecular formula is C33H27N3O2S2. The number of carbonyl (C=O) groups excluding carboxylic acids is 2. The highest BCUT2D eigenvalue weighted by Crippen LogP contribution is 2.37. The molecule has 2 heterocycles. The van der Waals surface area contributed by atoms with Crippen molar-refractivity contribution in [1.29, 1.82) is 0 Å². The molecule has 0 radical (unpaired) electrons. The van der Waals surface area contributed by atoms with E-state index in [2.05, 4.69) is 52.5 Å². The van der Waals surface area contributed by atoms with Crippen molar-refractivity contribution in [2.45, 2.75) is 23.6 Å². The summed E-state index contributed by atoms with van der Waals surface area (Å²) < 4.78 is 2.30. The van der Waals surface area contributed by atoms with Crippen molar-refractivity contribution in [2.24, 2.45) is 0 Å². The van der Waals surface area contributed by atoms with Crippen LogP contribution in [0.15, 0.2) is 119 Å². The summed E-state index contributed by atoms with van der Waals surface area (Å²) in [5.41, 5.74) is 4.74. The molecule has 1 unspecified atom stereocenters. The summed E-state index contributed by atoms with van der Waals surface area (Å²) in [6.07, 6.45) is 0. The van der Waals surface area contributed by atoms with Crippen LogP contribution in [0.3, 0.4) is 0 Å². The number of anilines is 2. The quantitative estimate of drug-likeness (QED) is 0.183. The fourth-order valence-corrected chi connectivity index (χ4v) is 6.58. The van der Waals surface area contributed by atoms with Crippen LogP contribution >= 0.6 is 23.1 Å². The van der Waals surface area contributed by atoms with E-state index < -0.39 is 5.25 Å². The molecule has 2 aromatic heterocycles. The van der Waals surface area contributed by atoms with E-state index in [1.165, 1.54) is 34.0 Å². The van der Waals surface area contributed by atoms with Crippen molar-refractivity contribution in [1.82, 2.24) is 4.57 Å². The molecule has 0 saturated carbocycles. The van der Waals surface area contributed by atoms with Gasteiger partial charge in [-0.15, -0.1) is 23.1 Å². The predicted molar refractivity (Wildman–Crippen MR) is 168 cm³/mol. The van der Waals surface area contributed by atoms with Crippen LogP contribution in [-0.2, 0) is 11.3 Å². The van der Waals surface area contributed by atoms with Crippen LogP contribution in [0, 0.1) is 0 Å². The summed E-state index contributed by atoms with van der Waals surface area (Å²) in [7, 11) is 0. The lowest BCUT2D eigenvalue weighted by atomic mass is 10.1. The predicted octanol–water partition coefficient (Wildman–Crippen LogP) is 8.60. The number of para-hydroxylation sites is 1. The summed E-state index contributed by atoms with van der Waals surface area (Å²) in [5, 5.41) is 9.82. The van der Waals surface area contributed by atoms with E-state index in [9.17, 15) is 9.59 Å². The number of thiophene rings is 1. The molecule has 0 bridgehead atoms. The zero-order valence-electron chi connectivity index (χ0n) is 21.8. The normalized spacial score (nSPS) is 11.9. The molecule has 6 rings (SSSR count). The number of carbonyl (C=O) groups is 2. The Hall–Kier alpha value is -4.33. The maximum absolute atomic E-state index is 13.7. The molecule has 7 heteroatoms. The maximum Gasteiger partial charge on any atom is 0.265 e. The summed E-state index contributed by atoms with van der Waals surface area (Å²) >= 11 is 2.89. The molecule has 0 aliphatic heterocycles. The smallest absolute Gasteiger partial charge is 0.265 e. The van der Waals surface area contributed by atoms with Gasteiger partial charge in [-0.25, -0.2) is 0 Å². The van der Waals surface area contributed by atoms with Crippen LogP contribution in [0.1, 0.15) is 27.4 Å². The molecule has 1 atom stereocenters. The Morgan fingerprint density at radius 3 is 2.25 bits per heavy atom. The number of nitrogens with one attached hydrogen (secondary N) is 2. The highest BCUT2D eigenvalue weighted by atomic mass is 32.2. The lowest BCUT2D eigenvalue weighted by molar-refractivity contribution is -0.115. The molecular weight excluding hydrogens is 535 g/mol. The number of amides is 2. The highest BCUT2D eigenvalue weighted by Gasteiger charge is 2.23. The Kier molecular flexibility index (Phi) is 7.40. The monoisotopic (exact) mass is 561 g/mol. The Labute approximate surface area is 240 Å². The van der Waals surface area contributed by atoms with Crippen molar-refractivity contribution in [3.63, 3.8) is 0 Å². The molecule has 198 valence electrons. The lowest BCUT2D eigenvalue weighted by Gasteiger charge is -2.17. The van der Waals surface area contributed by atoms with Crippen molar-refractivity contribution >= 4 is 68.1 Å². The van der Waals surface area contributed by atoms with Gasteiger partial charge < -0.3 is 15.2 Å². The number of nitrogens with zero attached hydrogens (tertiary/aromatic N) is 1. The number of aromatic nitrogens is 1. The molecule has 2 N–H and O–H groups in total. The average molecular weight is 562 g/mol. The van der Waals surface area contributed by atoms with Gasteiger partial charge in [0.2, 0.25) is 5.91 Å². The minimum Gasteiger partial charge on any atom is -0.341 e. The number of thioether (sulfide) groups is 1. The zero-order chi connectivity index (χ0) is 27.5. The first kappa shape index (κ1) is 25.9. The number of hydrogen-bond acceptors (Lipinski definition) is 4. The Morgan fingerprint density at radius 2 is 1.50 bits per heavy atom. The second-order valence-corrected chi connectivity index (χ2v) is 11.5. The second-order valence-electron chi connectivity index (χ2n) is 9.35. The van der Waals surface area contributed by atoms with E-state index in [-0.39, 0.29) is 11.8 Å². The van der Waals surface area contributed by atoms with E-state index in [0.717, 1.165) is 33.6 Å². The first-order valence-electron chi connectivity index (χ1n) is 13.1. The van der Waals surface area contributed by atoms with Gasteiger partial charge in [-0.3, -0.25) is 9.59 Å². The summed E-state index contributed by atoms with van der Waals surface area (Å²) in [4.78, 5) is 27.7. The summed E-state index contributed by atoms with van der Waals surface area (Å²) in [6.45, 7) is 3.02. The Balaban J connectivity index is 1.24. The molecule has 5 nitrogen and oxygen atoms in total. The SMILES string of the molecule is CCn1c2ccccc2c2cc(NC(=O)C(Sc3ccc(NC(=O)c4cccs4)cc3)c3ccccc3)ccc21. The third-order valence-electron chi connectivity index (χ3n) is 6.81. The third kappa shape index (κ3) is 5.26. The Bertz CT molecular complexity index is 1790. The van der Waals surface area contributed by atoms with Gasteiger partial charge in [0.15, 0.2) is 0 Å². The van der Waals surface area contributed by atoms with E-state index in [1.807, 2.05) is 78.2 Å². The minimum absolute atomic E-state index is 0.0927. The number of rotatable bonds is 8. The van der Waals surface area contributed by atoms with Crippen LogP contribution in [0.2, 0.25) is 0 Å². The lowest BCUT2D eigenvalue weighted by Crippen LogP contribution is -2.19. The number of aryl methyl sites for hydroxylation is 1. The zero-order valence-corrected chi connectivity index (χ0v) is 23.5. The third-order valence-corrected chi connectivity index (χ3v) is 8.94. The molecule has 40 heavy (non-hydrogen) atoms. The van der Waals surface area contributed by atoms with Crippen molar-refractivity contribution in [3.05, 3.63) is 125 Å². The van der Waals surface area contributed by atoms with Crippen LogP contribution in [0.5, 0.6) is 0 Å². The molecule has 0 fully saturated rings. The van der Waals surface area contributed by atoms with Gasteiger partial charge in [-0.2, -0.15) is 0 Å². The number of fused-ring (bicyclic) bond motifs is 3. The van der Waals surface area contributed by atoms with Gasteiger partial charge in [-0.1, -0.05) is 54.6 Å². The summed E-state index contributed by atoms with van der Waals surface area (Å²) in [6, 6.07) is 35.6. The molecule has 4 aromatic carbocycles. The van der Waals surface area contributed by atoms with Crippen LogP contribution in [0.25, 0.3) is 21.8 Å². The van der Waals surface area contributed by atoms with E-state index in [1.54, 1.807) is 6.07 Å². The van der Waals surface area contributed by atoms with E-state index in [4.69, 9.17) is 0 Å². The maximum atomic E-state index is 13.7. The van der Waals surface area contributed by atoms with Gasteiger partial charge in [0.1, 0.15) is 5.25 Å². The number of hydrogen-bond donors (Lipinski definition) is 2. The van der Waals surface area contributed by atoms with Crippen LogP contribution in [-0.4, -0.2) is 16.4 Å². The molecule has 2 amide bonds. The highest BCUT2D eigenvalue weighted by molar-refractivity contribution is 8.00. The molecule has 0 aliphatic rings. The largest absolute Gasteiger partial charge is 0.341 e. The van der Waals surface area contributed by atoms with Gasteiger partial charge in [-0.05, 0) is 72.5 Å². The van der Waals surface area contributed by atoms with E-state index >= 15 is 0 Å².